The standard InChI is InChI=1S/C15H18O3.C2H6/c1-11-3-5-12(6-4-11)15(14(17)18-2)9-7-13(16)8-10-15;1-2/h3-6H,7-10H2,1-2H3;1-2H3. The van der Waals surface area contributed by atoms with E-state index in [-0.39, 0.29) is 11.8 Å². The van der Waals surface area contributed by atoms with Gasteiger partial charge in [-0.25, -0.2) is 0 Å². The topological polar surface area (TPSA) is 43.4 Å². The molecule has 1 saturated carbocycles. The molecule has 1 aromatic carbocycles. The zero-order valence-electron chi connectivity index (χ0n) is 12.9. The zero-order chi connectivity index (χ0) is 15.2. The second-order valence-corrected chi connectivity index (χ2v) is 4.98. The Hall–Kier alpha value is -1.64. The summed E-state index contributed by atoms with van der Waals surface area (Å²) in [6, 6.07) is 7.94. The summed E-state index contributed by atoms with van der Waals surface area (Å²) in [6.45, 7) is 6.01. The van der Waals surface area contributed by atoms with Gasteiger partial charge in [-0.15, -0.1) is 0 Å². The van der Waals surface area contributed by atoms with Gasteiger partial charge in [-0.05, 0) is 25.3 Å². The van der Waals surface area contributed by atoms with Gasteiger partial charge in [0, 0.05) is 12.8 Å². The average Bonchev–Trinajstić information content (AvgIpc) is 2.50. The van der Waals surface area contributed by atoms with E-state index in [4.69, 9.17) is 4.74 Å². The number of carbonyl (C=O) groups is 2. The molecule has 0 spiro atoms. The van der Waals surface area contributed by atoms with Crippen molar-refractivity contribution in [2.75, 3.05) is 7.11 Å². The van der Waals surface area contributed by atoms with Crippen LogP contribution in [0.15, 0.2) is 24.3 Å². The van der Waals surface area contributed by atoms with Crippen LogP contribution < -0.4 is 0 Å². The SMILES string of the molecule is CC.COC(=O)C1(c2ccc(C)cc2)CCC(=O)CC1. The van der Waals surface area contributed by atoms with Crippen molar-refractivity contribution in [3.05, 3.63) is 35.4 Å². The first kappa shape index (κ1) is 16.4. The summed E-state index contributed by atoms with van der Waals surface area (Å²) in [7, 11) is 1.41. The molecule has 1 aromatic rings. The number of carbonyl (C=O) groups excluding carboxylic acids is 2. The Kier molecular flexibility index (Phi) is 5.93. The lowest BCUT2D eigenvalue weighted by Gasteiger charge is -2.34. The van der Waals surface area contributed by atoms with Gasteiger partial charge in [-0.2, -0.15) is 0 Å². The summed E-state index contributed by atoms with van der Waals surface area (Å²) in [6.07, 6.45) is 2.04. The van der Waals surface area contributed by atoms with Gasteiger partial charge in [-0.1, -0.05) is 43.7 Å². The highest BCUT2D eigenvalue weighted by Crippen LogP contribution is 2.39. The van der Waals surface area contributed by atoms with Crippen molar-refractivity contribution in [3.63, 3.8) is 0 Å². The van der Waals surface area contributed by atoms with Crippen LogP contribution in [0.25, 0.3) is 0 Å². The van der Waals surface area contributed by atoms with E-state index in [1.807, 2.05) is 45.0 Å². The molecule has 0 amide bonds. The van der Waals surface area contributed by atoms with E-state index in [9.17, 15) is 9.59 Å². The quantitative estimate of drug-likeness (QED) is 0.775. The normalized spacial score (nSPS) is 16.9. The van der Waals surface area contributed by atoms with Crippen molar-refractivity contribution in [2.45, 2.75) is 51.9 Å². The average molecular weight is 276 g/mol. The molecule has 1 aliphatic rings. The number of hydrogen-bond acceptors (Lipinski definition) is 3. The minimum atomic E-state index is -0.629. The van der Waals surface area contributed by atoms with Crippen LogP contribution in [0.4, 0.5) is 0 Å². The maximum absolute atomic E-state index is 12.1. The van der Waals surface area contributed by atoms with E-state index in [1.165, 1.54) is 7.11 Å². The van der Waals surface area contributed by atoms with Crippen molar-refractivity contribution >= 4 is 11.8 Å². The molecule has 110 valence electrons. The lowest BCUT2D eigenvalue weighted by Crippen LogP contribution is -2.40. The van der Waals surface area contributed by atoms with Crippen LogP contribution in [0.1, 0.15) is 50.7 Å². The molecule has 1 aliphatic carbocycles. The molecule has 0 unspecified atom stereocenters. The summed E-state index contributed by atoms with van der Waals surface area (Å²) >= 11 is 0. The number of ketones is 1. The molecule has 3 nitrogen and oxygen atoms in total. The minimum absolute atomic E-state index is 0.223. The van der Waals surface area contributed by atoms with Crippen LogP contribution in [0.5, 0.6) is 0 Å². The van der Waals surface area contributed by atoms with Crippen LogP contribution in [0.3, 0.4) is 0 Å². The van der Waals surface area contributed by atoms with Crippen molar-refractivity contribution in [3.8, 4) is 0 Å². The molecule has 0 heterocycles. The molecule has 0 atom stereocenters. The number of aryl methyl sites for hydroxylation is 1. The number of benzene rings is 1. The molecule has 0 radical (unpaired) electrons. The monoisotopic (exact) mass is 276 g/mol. The third-order valence-electron chi connectivity index (χ3n) is 3.84. The van der Waals surface area contributed by atoms with E-state index in [0.29, 0.717) is 25.7 Å². The maximum Gasteiger partial charge on any atom is 0.316 e. The highest BCUT2D eigenvalue weighted by molar-refractivity contribution is 5.88. The Balaban J connectivity index is 0.000000956. The molecule has 0 aliphatic heterocycles. The molecule has 20 heavy (non-hydrogen) atoms. The highest BCUT2D eigenvalue weighted by Gasteiger charge is 2.43. The summed E-state index contributed by atoms with van der Waals surface area (Å²) in [5.74, 6) is 0.0143. The second-order valence-electron chi connectivity index (χ2n) is 4.98. The van der Waals surface area contributed by atoms with E-state index in [2.05, 4.69) is 0 Å². The summed E-state index contributed by atoms with van der Waals surface area (Å²) in [4.78, 5) is 23.5. The second kappa shape index (κ2) is 7.22. The van der Waals surface area contributed by atoms with Crippen molar-refractivity contribution in [1.29, 1.82) is 0 Å². The van der Waals surface area contributed by atoms with Crippen LogP contribution in [-0.4, -0.2) is 18.9 Å². The van der Waals surface area contributed by atoms with E-state index in [0.717, 1.165) is 11.1 Å². The molecular weight excluding hydrogens is 252 g/mol. The smallest absolute Gasteiger partial charge is 0.316 e. The highest BCUT2D eigenvalue weighted by atomic mass is 16.5. The Bertz CT molecular complexity index is 450. The molecular formula is C17H24O3. The third kappa shape index (κ3) is 3.27. The van der Waals surface area contributed by atoms with Gasteiger partial charge in [-0.3, -0.25) is 9.59 Å². The van der Waals surface area contributed by atoms with E-state index >= 15 is 0 Å². The third-order valence-corrected chi connectivity index (χ3v) is 3.84. The van der Waals surface area contributed by atoms with E-state index < -0.39 is 5.41 Å². The first-order valence-electron chi connectivity index (χ1n) is 7.26. The van der Waals surface area contributed by atoms with Crippen LogP contribution in [-0.2, 0) is 19.7 Å². The summed E-state index contributed by atoms with van der Waals surface area (Å²) in [5, 5.41) is 0. The lowest BCUT2D eigenvalue weighted by atomic mass is 9.69. The van der Waals surface area contributed by atoms with Crippen molar-refractivity contribution in [2.24, 2.45) is 0 Å². The van der Waals surface area contributed by atoms with Crippen LogP contribution in [0.2, 0.25) is 0 Å². The number of methoxy groups -OCH3 is 1. The predicted octanol–water partition coefficient (Wildman–Crippen LogP) is 3.58. The molecule has 0 bridgehead atoms. The molecule has 0 aromatic heterocycles. The first-order chi connectivity index (χ1) is 9.58. The van der Waals surface area contributed by atoms with Crippen molar-refractivity contribution in [1.82, 2.24) is 0 Å². The number of hydrogen-bond donors (Lipinski definition) is 0. The fraction of sp³-hybridized carbons (Fsp3) is 0.529. The lowest BCUT2D eigenvalue weighted by molar-refractivity contribution is -0.149. The van der Waals surface area contributed by atoms with Gasteiger partial charge < -0.3 is 4.74 Å². The minimum Gasteiger partial charge on any atom is -0.468 e. The van der Waals surface area contributed by atoms with Gasteiger partial charge in [0.15, 0.2) is 0 Å². The van der Waals surface area contributed by atoms with Gasteiger partial charge >= 0.3 is 5.97 Å². The Morgan fingerprint density at radius 1 is 1.10 bits per heavy atom. The molecule has 0 saturated heterocycles. The Labute approximate surface area is 121 Å². The summed E-state index contributed by atoms with van der Waals surface area (Å²) < 4.78 is 4.96. The van der Waals surface area contributed by atoms with Gasteiger partial charge in [0.25, 0.3) is 0 Å². The fourth-order valence-electron chi connectivity index (χ4n) is 2.63. The number of ether oxygens (including phenoxy) is 1. The van der Waals surface area contributed by atoms with Gasteiger partial charge in [0.2, 0.25) is 0 Å². The van der Waals surface area contributed by atoms with Crippen LogP contribution in [0, 0.1) is 6.92 Å². The summed E-state index contributed by atoms with van der Waals surface area (Å²) in [5.41, 5.74) is 1.49. The van der Waals surface area contributed by atoms with Gasteiger partial charge in [0.1, 0.15) is 5.78 Å². The molecule has 3 heteroatoms. The van der Waals surface area contributed by atoms with Crippen molar-refractivity contribution < 1.29 is 14.3 Å². The molecule has 2 rings (SSSR count). The largest absolute Gasteiger partial charge is 0.468 e. The van der Waals surface area contributed by atoms with Crippen LogP contribution >= 0.6 is 0 Å². The Morgan fingerprint density at radius 2 is 1.60 bits per heavy atom. The number of rotatable bonds is 2. The molecule has 0 N–H and O–H groups in total. The first-order valence-corrected chi connectivity index (χ1v) is 7.26. The predicted molar refractivity (Wildman–Crippen MR) is 79.7 cm³/mol. The molecule has 1 fully saturated rings. The maximum atomic E-state index is 12.1. The number of esters is 1. The number of Topliss-reactive ketones (excluding diaryl/α,β-unsaturated/α-hetero) is 1. The van der Waals surface area contributed by atoms with Gasteiger partial charge in [0.05, 0.1) is 12.5 Å². The fourth-order valence-corrected chi connectivity index (χ4v) is 2.63. The zero-order valence-corrected chi connectivity index (χ0v) is 12.9. The Morgan fingerprint density at radius 3 is 2.05 bits per heavy atom. The van der Waals surface area contributed by atoms with E-state index in [1.54, 1.807) is 0 Å².